The van der Waals surface area contributed by atoms with Crippen molar-refractivity contribution in [3.63, 3.8) is 0 Å². The van der Waals surface area contributed by atoms with Crippen LogP contribution in [-0.2, 0) is 10.0 Å². The molecular weight excluding hydrogens is 413 g/mol. The van der Waals surface area contributed by atoms with Gasteiger partial charge < -0.3 is 15.6 Å². The van der Waals surface area contributed by atoms with Gasteiger partial charge in [-0.25, -0.2) is 18.2 Å². The molecule has 162 valence electrons. The number of rotatable bonds is 6. The zero-order valence-corrected chi connectivity index (χ0v) is 16.5. The number of amidine groups is 1. The molecular formula is C16H23F3N6O3S. The number of aromatic amines is 1. The van der Waals surface area contributed by atoms with Gasteiger partial charge in [0.15, 0.2) is 5.75 Å². The number of carbonyl (C=O) groups is 1. The number of piperidine rings is 1. The van der Waals surface area contributed by atoms with E-state index in [-0.39, 0.29) is 18.9 Å². The predicted molar refractivity (Wildman–Crippen MR) is 104 cm³/mol. The van der Waals surface area contributed by atoms with Crippen molar-refractivity contribution in [1.29, 1.82) is 0 Å². The highest BCUT2D eigenvalue weighted by atomic mass is 32.2. The van der Waals surface area contributed by atoms with Crippen molar-refractivity contribution in [2.24, 2.45) is 4.99 Å². The average Bonchev–Trinajstić information content (AvgIpc) is 3.06. The minimum Gasteiger partial charge on any atom is -0.373 e. The molecule has 1 atom stereocenters. The summed E-state index contributed by atoms with van der Waals surface area (Å²) in [5.41, 5.74) is 0.532. The Hall–Kier alpha value is -2.54. The number of hydrogen-bond donors (Lipinski definition) is 4. The SMILES string of the molecule is C=CC(=Nc1cc[nH]c1NC)NC(=O)NC1CCCN(S(=O)(=O)CC(F)(F)F)C1. The molecule has 29 heavy (non-hydrogen) atoms. The van der Waals surface area contributed by atoms with Crippen LogP contribution in [0, 0.1) is 0 Å². The Balaban J connectivity index is 1.98. The number of sulfonamides is 1. The van der Waals surface area contributed by atoms with Crippen molar-refractivity contribution in [3.8, 4) is 0 Å². The summed E-state index contributed by atoms with van der Waals surface area (Å²) in [5.74, 6) is -1.14. The molecule has 1 aromatic heterocycles. The molecule has 0 saturated carbocycles. The summed E-state index contributed by atoms with van der Waals surface area (Å²) in [4.78, 5) is 19.4. The second-order valence-corrected chi connectivity index (χ2v) is 8.33. The number of halogens is 3. The zero-order valence-electron chi connectivity index (χ0n) is 15.7. The number of aromatic nitrogens is 1. The molecule has 4 N–H and O–H groups in total. The maximum absolute atomic E-state index is 12.5. The van der Waals surface area contributed by atoms with Crippen LogP contribution in [0.15, 0.2) is 29.9 Å². The minimum absolute atomic E-state index is 0.0160. The van der Waals surface area contributed by atoms with Gasteiger partial charge in [-0.1, -0.05) is 6.58 Å². The van der Waals surface area contributed by atoms with Gasteiger partial charge in [0.25, 0.3) is 0 Å². The molecule has 0 bridgehead atoms. The molecule has 1 aliphatic heterocycles. The number of anilines is 1. The lowest BCUT2D eigenvalue weighted by Gasteiger charge is -2.32. The summed E-state index contributed by atoms with van der Waals surface area (Å²) in [6, 6.07) is 0.391. The summed E-state index contributed by atoms with van der Waals surface area (Å²) in [6.07, 6.45) is -1.07. The Morgan fingerprint density at radius 2 is 2.21 bits per heavy atom. The normalized spacial score (nSPS) is 18.9. The van der Waals surface area contributed by atoms with Crippen LogP contribution in [0.3, 0.4) is 0 Å². The summed E-state index contributed by atoms with van der Waals surface area (Å²) < 4.78 is 62.1. The highest BCUT2D eigenvalue weighted by molar-refractivity contribution is 7.89. The van der Waals surface area contributed by atoms with Crippen LogP contribution in [0.5, 0.6) is 0 Å². The quantitative estimate of drug-likeness (QED) is 0.402. The van der Waals surface area contributed by atoms with E-state index < -0.39 is 34.0 Å². The molecule has 1 saturated heterocycles. The lowest BCUT2D eigenvalue weighted by atomic mass is 10.1. The van der Waals surface area contributed by atoms with E-state index in [0.29, 0.717) is 24.3 Å². The van der Waals surface area contributed by atoms with Gasteiger partial charge in [-0.2, -0.15) is 17.5 Å². The number of urea groups is 1. The standard InChI is InChI=1S/C16H23F3N6O3S/c1-3-13(23-12-6-7-21-14(12)20-2)24-15(26)22-11-5-4-8-25(9-11)29(27,28)10-16(17,18)19/h3,6-7,11,20-21H,1,4-5,8-10H2,2H3,(H2,22,23,24,26). The molecule has 2 heterocycles. The van der Waals surface area contributed by atoms with Crippen LogP contribution in [0.1, 0.15) is 12.8 Å². The largest absolute Gasteiger partial charge is 0.404 e. The van der Waals surface area contributed by atoms with E-state index in [1.807, 2.05) is 0 Å². The van der Waals surface area contributed by atoms with Crippen molar-refractivity contribution < 1.29 is 26.4 Å². The Bertz CT molecular complexity index is 865. The summed E-state index contributed by atoms with van der Waals surface area (Å²) in [7, 11) is -2.80. The molecule has 13 heteroatoms. The highest BCUT2D eigenvalue weighted by Gasteiger charge is 2.40. The third kappa shape index (κ3) is 6.78. The first-order chi connectivity index (χ1) is 13.5. The summed E-state index contributed by atoms with van der Waals surface area (Å²) >= 11 is 0. The minimum atomic E-state index is -4.82. The number of amides is 2. The fourth-order valence-corrected chi connectivity index (χ4v) is 4.27. The molecule has 1 aliphatic rings. The topological polar surface area (TPSA) is 119 Å². The zero-order chi connectivity index (χ0) is 21.7. The summed E-state index contributed by atoms with van der Waals surface area (Å²) in [5, 5.41) is 7.95. The number of nitrogens with one attached hydrogen (secondary N) is 4. The molecule has 9 nitrogen and oxygen atoms in total. The number of hydrogen-bond acceptors (Lipinski definition) is 5. The molecule has 2 rings (SSSR count). The third-order valence-electron chi connectivity index (χ3n) is 4.11. The Morgan fingerprint density at radius 1 is 1.48 bits per heavy atom. The average molecular weight is 436 g/mol. The fraction of sp³-hybridized carbons (Fsp3) is 0.500. The monoisotopic (exact) mass is 436 g/mol. The Morgan fingerprint density at radius 3 is 2.83 bits per heavy atom. The Kier molecular flexibility index (Phi) is 7.30. The van der Waals surface area contributed by atoms with Crippen molar-refractivity contribution >= 4 is 33.4 Å². The van der Waals surface area contributed by atoms with Gasteiger partial charge in [-0.05, 0) is 25.0 Å². The number of alkyl halides is 3. The van der Waals surface area contributed by atoms with Crippen LogP contribution in [0.2, 0.25) is 0 Å². The molecule has 0 aliphatic carbocycles. The molecule has 1 fully saturated rings. The number of aliphatic imine (C=N–C) groups is 1. The summed E-state index contributed by atoms with van der Waals surface area (Å²) in [6.45, 7) is 3.33. The van der Waals surface area contributed by atoms with Gasteiger partial charge in [0.2, 0.25) is 10.0 Å². The van der Waals surface area contributed by atoms with Crippen molar-refractivity contribution in [2.75, 3.05) is 31.2 Å². The van der Waals surface area contributed by atoms with Crippen molar-refractivity contribution in [3.05, 3.63) is 24.9 Å². The van der Waals surface area contributed by atoms with Gasteiger partial charge in [-0.15, -0.1) is 0 Å². The third-order valence-corrected chi connectivity index (χ3v) is 5.92. The second-order valence-electron chi connectivity index (χ2n) is 6.36. The van der Waals surface area contributed by atoms with E-state index in [1.165, 1.54) is 6.08 Å². The van der Waals surface area contributed by atoms with E-state index in [2.05, 4.69) is 32.5 Å². The highest BCUT2D eigenvalue weighted by Crippen LogP contribution is 2.23. The van der Waals surface area contributed by atoms with Crippen LogP contribution in [0.4, 0.5) is 29.5 Å². The van der Waals surface area contributed by atoms with Crippen molar-refractivity contribution in [2.45, 2.75) is 25.1 Å². The Labute approximate surface area is 166 Å². The van der Waals surface area contributed by atoms with Gasteiger partial charge in [0.1, 0.15) is 17.3 Å². The van der Waals surface area contributed by atoms with Crippen LogP contribution in [0.25, 0.3) is 0 Å². The molecule has 0 spiro atoms. The lowest BCUT2D eigenvalue weighted by molar-refractivity contribution is -0.107. The number of nitrogens with zero attached hydrogens (tertiary/aromatic N) is 2. The smallest absolute Gasteiger partial charge is 0.373 e. The molecule has 2 amide bonds. The van der Waals surface area contributed by atoms with E-state index in [9.17, 15) is 26.4 Å². The maximum Gasteiger partial charge on any atom is 0.404 e. The van der Waals surface area contributed by atoms with Gasteiger partial charge in [0, 0.05) is 32.4 Å². The van der Waals surface area contributed by atoms with Gasteiger partial charge in [0.05, 0.1) is 0 Å². The van der Waals surface area contributed by atoms with Gasteiger partial charge >= 0.3 is 12.2 Å². The molecule has 0 aromatic carbocycles. The second kappa shape index (κ2) is 9.31. The molecule has 0 radical (unpaired) electrons. The van der Waals surface area contributed by atoms with Crippen LogP contribution >= 0.6 is 0 Å². The van der Waals surface area contributed by atoms with Crippen LogP contribution in [-0.4, -0.2) is 67.7 Å². The predicted octanol–water partition coefficient (Wildman–Crippen LogP) is 1.93. The van der Waals surface area contributed by atoms with E-state index in [0.717, 1.165) is 4.31 Å². The van der Waals surface area contributed by atoms with E-state index in [1.54, 1.807) is 19.3 Å². The van der Waals surface area contributed by atoms with E-state index in [4.69, 9.17) is 0 Å². The van der Waals surface area contributed by atoms with Crippen molar-refractivity contribution in [1.82, 2.24) is 19.9 Å². The number of carbonyl (C=O) groups excluding carboxylic acids is 1. The van der Waals surface area contributed by atoms with Crippen LogP contribution < -0.4 is 16.0 Å². The van der Waals surface area contributed by atoms with E-state index >= 15 is 0 Å². The molecule has 1 unspecified atom stereocenters. The lowest BCUT2D eigenvalue weighted by Crippen LogP contribution is -2.53. The maximum atomic E-state index is 12.5. The molecule has 1 aromatic rings. The first-order valence-electron chi connectivity index (χ1n) is 8.72. The first kappa shape index (κ1) is 22.7. The fourth-order valence-electron chi connectivity index (χ4n) is 2.86. The first-order valence-corrected chi connectivity index (χ1v) is 10.3. The van der Waals surface area contributed by atoms with Gasteiger partial charge in [-0.3, -0.25) is 5.32 Å². The number of H-pyrrole nitrogens is 1.